The lowest BCUT2D eigenvalue weighted by molar-refractivity contribution is 0.0906. The molecule has 1 aromatic carbocycles. The molecule has 6 heteroatoms. The number of carbonyl (C=O) groups excluding carboxylic acids is 1. The van der Waals surface area contributed by atoms with Crippen LogP contribution in [0, 0.1) is 5.82 Å². The van der Waals surface area contributed by atoms with Gasteiger partial charge in [-0.15, -0.1) is 0 Å². The minimum Gasteiger partial charge on any atom is -0.394 e. The Bertz CT molecular complexity index is 475. The highest BCUT2D eigenvalue weighted by atomic mass is 35.5. The van der Waals surface area contributed by atoms with Crippen LogP contribution in [-0.4, -0.2) is 23.2 Å². The molecule has 0 radical (unpaired) electrons. The highest BCUT2D eigenvalue weighted by Gasteiger charge is 2.43. The van der Waals surface area contributed by atoms with Crippen molar-refractivity contribution in [2.24, 2.45) is 0 Å². The zero-order chi connectivity index (χ0) is 12.6. The van der Waals surface area contributed by atoms with Gasteiger partial charge < -0.3 is 10.4 Å². The Morgan fingerprint density at radius 2 is 2.06 bits per heavy atom. The van der Waals surface area contributed by atoms with E-state index in [-0.39, 0.29) is 22.2 Å². The standard InChI is InChI=1S/C11H10Cl2FNO2/c12-7-4-8(13)9(14)3-6(7)10(17)15-11(5-16)1-2-11/h3-4,16H,1-2,5H2,(H,15,17). The SMILES string of the molecule is O=C(NC1(CO)CC1)c1cc(F)c(Cl)cc1Cl. The van der Waals surface area contributed by atoms with Crippen LogP contribution in [0.5, 0.6) is 0 Å². The van der Waals surface area contributed by atoms with Gasteiger partial charge in [0, 0.05) is 0 Å². The summed E-state index contributed by atoms with van der Waals surface area (Å²) in [6, 6.07) is 2.18. The van der Waals surface area contributed by atoms with Gasteiger partial charge in [0.05, 0.1) is 27.8 Å². The van der Waals surface area contributed by atoms with Gasteiger partial charge in [-0.3, -0.25) is 4.79 Å². The van der Waals surface area contributed by atoms with Crippen molar-refractivity contribution in [1.82, 2.24) is 5.32 Å². The minimum atomic E-state index is -0.699. The first-order valence-electron chi connectivity index (χ1n) is 5.05. The van der Waals surface area contributed by atoms with Crippen molar-refractivity contribution in [3.05, 3.63) is 33.6 Å². The number of hydrogen-bond acceptors (Lipinski definition) is 2. The van der Waals surface area contributed by atoms with Gasteiger partial charge in [-0.05, 0) is 25.0 Å². The van der Waals surface area contributed by atoms with E-state index in [2.05, 4.69) is 5.32 Å². The molecule has 1 aromatic rings. The van der Waals surface area contributed by atoms with E-state index in [1.807, 2.05) is 0 Å². The highest BCUT2D eigenvalue weighted by molar-refractivity contribution is 6.36. The van der Waals surface area contributed by atoms with Crippen LogP contribution < -0.4 is 5.32 Å². The summed E-state index contributed by atoms with van der Waals surface area (Å²) in [5.41, 5.74) is -0.537. The van der Waals surface area contributed by atoms with Crippen molar-refractivity contribution in [1.29, 1.82) is 0 Å². The van der Waals surface area contributed by atoms with Gasteiger partial charge in [-0.1, -0.05) is 23.2 Å². The van der Waals surface area contributed by atoms with Crippen LogP contribution >= 0.6 is 23.2 Å². The Kier molecular flexibility index (Phi) is 3.30. The maximum Gasteiger partial charge on any atom is 0.253 e. The lowest BCUT2D eigenvalue weighted by Crippen LogP contribution is -2.39. The summed E-state index contributed by atoms with van der Waals surface area (Å²) in [5, 5.41) is 11.7. The first kappa shape index (κ1) is 12.6. The maximum absolute atomic E-state index is 13.2. The van der Waals surface area contributed by atoms with E-state index in [0.717, 1.165) is 6.07 Å². The molecule has 0 bridgehead atoms. The summed E-state index contributed by atoms with van der Waals surface area (Å²) in [5.74, 6) is -1.20. The number of carbonyl (C=O) groups is 1. The largest absolute Gasteiger partial charge is 0.394 e. The summed E-state index contributed by atoms with van der Waals surface area (Å²) in [4.78, 5) is 11.8. The molecule has 1 aliphatic rings. The number of hydrogen-bond donors (Lipinski definition) is 2. The fourth-order valence-electron chi connectivity index (χ4n) is 1.48. The molecule has 1 amide bonds. The third kappa shape index (κ3) is 2.54. The number of halogens is 3. The van der Waals surface area contributed by atoms with Gasteiger partial charge in [-0.2, -0.15) is 0 Å². The van der Waals surface area contributed by atoms with E-state index >= 15 is 0 Å². The molecule has 0 saturated heterocycles. The van der Waals surface area contributed by atoms with Gasteiger partial charge in [-0.25, -0.2) is 4.39 Å². The molecule has 0 unspecified atom stereocenters. The number of nitrogens with one attached hydrogen (secondary N) is 1. The predicted molar refractivity (Wildman–Crippen MR) is 62.9 cm³/mol. The van der Waals surface area contributed by atoms with Crippen LogP contribution in [0.25, 0.3) is 0 Å². The molecule has 3 nitrogen and oxygen atoms in total. The third-order valence-electron chi connectivity index (χ3n) is 2.79. The zero-order valence-electron chi connectivity index (χ0n) is 8.77. The van der Waals surface area contributed by atoms with E-state index in [1.165, 1.54) is 6.07 Å². The van der Waals surface area contributed by atoms with Crippen LogP contribution in [-0.2, 0) is 0 Å². The Balaban J connectivity index is 2.22. The number of rotatable bonds is 3. The Hall–Kier alpha value is -0.840. The van der Waals surface area contributed by atoms with Crippen molar-refractivity contribution in [2.75, 3.05) is 6.61 Å². The topological polar surface area (TPSA) is 49.3 Å². The second-order valence-electron chi connectivity index (χ2n) is 4.14. The number of aliphatic hydroxyl groups is 1. The summed E-state index contributed by atoms with van der Waals surface area (Å²) < 4.78 is 13.2. The van der Waals surface area contributed by atoms with Crippen LogP contribution in [0.3, 0.4) is 0 Å². The van der Waals surface area contributed by atoms with Crippen LogP contribution in [0.4, 0.5) is 4.39 Å². The number of benzene rings is 1. The normalized spacial score (nSPS) is 16.7. The van der Waals surface area contributed by atoms with Gasteiger partial charge in [0.1, 0.15) is 5.82 Å². The Morgan fingerprint density at radius 1 is 1.41 bits per heavy atom. The molecule has 92 valence electrons. The van der Waals surface area contributed by atoms with Gasteiger partial charge in [0.2, 0.25) is 0 Å². The fraction of sp³-hybridized carbons (Fsp3) is 0.364. The molecule has 2 rings (SSSR count). The van der Waals surface area contributed by atoms with Crippen molar-refractivity contribution < 1.29 is 14.3 Å². The second-order valence-corrected chi connectivity index (χ2v) is 4.95. The van der Waals surface area contributed by atoms with E-state index < -0.39 is 17.3 Å². The molecule has 1 fully saturated rings. The average molecular weight is 278 g/mol. The first-order valence-corrected chi connectivity index (χ1v) is 5.81. The summed E-state index contributed by atoms with van der Waals surface area (Å²) in [6.07, 6.45) is 1.42. The van der Waals surface area contributed by atoms with E-state index in [9.17, 15) is 9.18 Å². The lowest BCUT2D eigenvalue weighted by Gasteiger charge is -2.15. The van der Waals surface area contributed by atoms with Crippen molar-refractivity contribution in [3.8, 4) is 0 Å². The molecular weight excluding hydrogens is 268 g/mol. The lowest BCUT2D eigenvalue weighted by atomic mass is 10.2. The molecule has 1 saturated carbocycles. The Morgan fingerprint density at radius 3 is 2.59 bits per heavy atom. The number of aliphatic hydroxyl groups excluding tert-OH is 1. The molecule has 0 spiro atoms. The molecule has 1 aliphatic carbocycles. The Labute approximate surface area is 108 Å². The smallest absolute Gasteiger partial charge is 0.253 e. The first-order chi connectivity index (χ1) is 7.97. The van der Waals surface area contributed by atoms with E-state index in [0.29, 0.717) is 12.8 Å². The fourth-order valence-corrected chi connectivity index (χ4v) is 1.95. The van der Waals surface area contributed by atoms with E-state index in [4.69, 9.17) is 28.3 Å². The summed E-state index contributed by atoms with van der Waals surface area (Å²) in [6.45, 7) is -0.133. The molecule has 0 heterocycles. The van der Waals surface area contributed by atoms with Crippen LogP contribution in [0.15, 0.2) is 12.1 Å². The quantitative estimate of drug-likeness (QED) is 0.834. The second kappa shape index (κ2) is 4.44. The predicted octanol–water partition coefficient (Wildman–Crippen LogP) is 2.39. The van der Waals surface area contributed by atoms with Crippen molar-refractivity contribution in [3.63, 3.8) is 0 Å². The van der Waals surface area contributed by atoms with E-state index in [1.54, 1.807) is 0 Å². The molecule has 0 atom stereocenters. The van der Waals surface area contributed by atoms with Gasteiger partial charge >= 0.3 is 0 Å². The molecule has 2 N–H and O–H groups in total. The zero-order valence-corrected chi connectivity index (χ0v) is 10.3. The molecule has 0 aliphatic heterocycles. The minimum absolute atomic E-state index is 0.0216. The monoisotopic (exact) mass is 277 g/mol. The maximum atomic E-state index is 13.2. The molecular formula is C11H10Cl2FNO2. The summed E-state index contributed by atoms with van der Waals surface area (Å²) >= 11 is 11.3. The highest BCUT2D eigenvalue weighted by Crippen LogP contribution is 2.35. The van der Waals surface area contributed by atoms with Crippen LogP contribution in [0.1, 0.15) is 23.2 Å². The van der Waals surface area contributed by atoms with Gasteiger partial charge in [0.25, 0.3) is 5.91 Å². The summed E-state index contributed by atoms with van der Waals surface area (Å²) in [7, 11) is 0. The van der Waals surface area contributed by atoms with Crippen LogP contribution in [0.2, 0.25) is 10.0 Å². The van der Waals surface area contributed by atoms with Crippen molar-refractivity contribution in [2.45, 2.75) is 18.4 Å². The third-order valence-corrected chi connectivity index (χ3v) is 3.39. The van der Waals surface area contributed by atoms with Crippen molar-refractivity contribution >= 4 is 29.1 Å². The number of amides is 1. The molecule has 0 aromatic heterocycles. The van der Waals surface area contributed by atoms with Gasteiger partial charge in [0.15, 0.2) is 0 Å². The average Bonchev–Trinajstić information content (AvgIpc) is 3.04. The molecule has 17 heavy (non-hydrogen) atoms.